The van der Waals surface area contributed by atoms with Crippen LogP contribution in [0.25, 0.3) is 11.0 Å². The third kappa shape index (κ3) is 3.42. The zero-order valence-electron chi connectivity index (χ0n) is 13.4. The standard InChI is InChI=1S/C17H22N4O2/c1-2-7-19-8-10-20(11-9-19)17(23)13-21-15-6-4-3-5-14(15)18-12-16(21)22/h3-6,12H,2,7-11,13H2,1H3. The molecule has 1 saturated heterocycles. The van der Waals surface area contributed by atoms with Gasteiger partial charge < -0.3 is 4.90 Å². The van der Waals surface area contributed by atoms with E-state index in [9.17, 15) is 9.59 Å². The van der Waals surface area contributed by atoms with E-state index in [1.54, 1.807) is 0 Å². The molecule has 2 aromatic rings. The van der Waals surface area contributed by atoms with Gasteiger partial charge in [0.1, 0.15) is 6.54 Å². The van der Waals surface area contributed by atoms with E-state index in [1.165, 1.54) is 10.8 Å². The van der Waals surface area contributed by atoms with Crippen LogP contribution in [-0.4, -0.2) is 58.0 Å². The highest BCUT2D eigenvalue weighted by Gasteiger charge is 2.21. The summed E-state index contributed by atoms with van der Waals surface area (Å²) in [6.45, 7) is 6.61. The quantitative estimate of drug-likeness (QED) is 0.843. The zero-order valence-corrected chi connectivity index (χ0v) is 13.4. The fraction of sp³-hybridized carbons (Fsp3) is 0.471. The zero-order chi connectivity index (χ0) is 16.2. The monoisotopic (exact) mass is 314 g/mol. The van der Waals surface area contributed by atoms with Crippen LogP contribution in [0.15, 0.2) is 35.3 Å². The van der Waals surface area contributed by atoms with Crippen LogP contribution < -0.4 is 5.56 Å². The molecule has 0 saturated carbocycles. The molecular formula is C17H22N4O2. The second kappa shape index (κ2) is 6.91. The highest BCUT2D eigenvalue weighted by atomic mass is 16.2. The molecule has 6 heteroatoms. The molecule has 1 aliphatic heterocycles. The van der Waals surface area contributed by atoms with E-state index in [2.05, 4.69) is 16.8 Å². The van der Waals surface area contributed by atoms with Gasteiger partial charge in [-0.2, -0.15) is 0 Å². The topological polar surface area (TPSA) is 58.4 Å². The van der Waals surface area contributed by atoms with Crippen LogP contribution in [0.4, 0.5) is 0 Å². The molecular weight excluding hydrogens is 292 g/mol. The molecule has 3 rings (SSSR count). The van der Waals surface area contributed by atoms with Gasteiger partial charge in [-0.3, -0.25) is 19.1 Å². The summed E-state index contributed by atoms with van der Waals surface area (Å²) in [5, 5.41) is 0. The summed E-state index contributed by atoms with van der Waals surface area (Å²) in [7, 11) is 0. The van der Waals surface area contributed by atoms with Gasteiger partial charge in [0.15, 0.2) is 0 Å². The fourth-order valence-electron chi connectivity index (χ4n) is 3.05. The molecule has 0 atom stereocenters. The first kappa shape index (κ1) is 15.7. The summed E-state index contributed by atoms with van der Waals surface area (Å²) < 4.78 is 1.52. The van der Waals surface area contributed by atoms with Gasteiger partial charge in [-0.15, -0.1) is 0 Å². The Kier molecular flexibility index (Phi) is 4.71. The van der Waals surface area contributed by atoms with Gasteiger partial charge in [0, 0.05) is 26.2 Å². The number of carbonyl (C=O) groups is 1. The Labute approximate surface area is 135 Å². The molecule has 0 spiro atoms. The van der Waals surface area contributed by atoms with E-state index in [1.807, 2.05) is 29.2 Å². The number of piperazine rings is 1. The minimum Gasteiger partial charge on any atom is -0.339 e. The maximum Gasteiger partial charge on any atom is 0.269 e. The first-order valence-electron chi connectivity index (χ1n) is 8.13. The second-order valence-corrected chi connectivity index (χ2v) is 5.89. The number of aromatic nitrogens is 2. The summed E-state index contributed by atoms with van der Waals surface area (Å²) in [6.07, 6.45) is 2.42. The van der Waals surface area contributed by atoms with E-state index >= 15 is 0 Å². The molecule has 1 amide bonds. The largest absolute Gasteiger partial charge is 0.339 e. The highest BCUT2D eigenvalue weighted by Crippen LogP contribution is 2.09. The van der Waals surface area contributed by atoms with Crippen LogP contribution in [0.3, 0.4) is 0 Å². The van der Waals surface area contributed by atoms with E-state index in [0.29, 0.717) is 5.52 Å². The molecule has 23 heavy (non-hydrogen) atoms. The number of rotatable bonds is 4. The van der Waals surface area contributed by atoms with Gasteiger partial charge in [0.2, 0.25) is 5.91 Å². The van der Waals surface area contributed by atoms with E-state index in [0.717, 1.165) is 44.7 Å². The normalized spacial score (nSPS) is 16.0. The van der Waals surface area contributed by atoms with Crippen LogP contribution in [0, 0.1) is 0 Å². The number of hydrogen-bond acceptors (Lipinski definition) is 4. The average molecular weight is 314 g/mol. The van der Waals surface area contributed by atoms with E-state index < -0.39 is 0 Å². The Bertz CT molecular complexity index is 748. The molecule has 0 aliphatic carbocycles. The lowest BCUT2D eigenvalue weighted by Gasteiger charge is -2.34. The van der Waals surface area contributed by atoms with Gasteiger partial charge >= 0.3 is 0 Å². The average Bonchev–Trinajstić information content (AvgIpc) is 2.58. The van der Waals surface area contributed by atoms with Gasteiger partial charge in [-0.25, -0.2) is 4.98 Å². The van der Waals surface area contributed by atoms with Crippen molar-refractivity contribution in [1.82, 2.24) is 19.4 Å². The number of carbonyl (C=O) groups excluding carboxylic acids is 1. The number of nitrogens with zero attached hydrogens (tertiary/aromatic N) is 4. The molecule has 1 aromatic heterocycles. The molecule has 0 bridgehead atoms. The van der Waals surface area contributed by atoms with Crippen molar-refractivity contribution in [3.05, 3.63) is 40.8 Å². The summed E-state index contributed by atoms with van der Waals surface area (Å²) in [6, 6.07) is 7.41. The molecule has 0 unspecified atom stereocenters. The molecule has 0 radical (unpaired) electrons. The second-order valence-electron chi connectivity index (χ2n) is 5.89. The van der Waals surface area contributed by atoms with Crippen molar-refractivity contribution in [2.24, 2.45) is 0 Å². The minimum atomic E-state index is -0.235. The summed E-state index contributed by atoms with van der Waals surface area (Å²) >= 11 is 0. The van der Waals surface area contributed by atoms with Gasteiger partial charge in [0.25, 0.3) is 5.56 Å². The Hall–Kier alpha value is -2.21. The Morgan fingerprint density at radius 2 is 1.91 bits per heavy atom. The van der Waals surface area contributed by atoms with Gasteiger partial charge in [-0.05, 0) is 25.1 Å². The van der Waals surface area contributed by atoms with Crippen molar-refractivity contribution in [2.75, 3.05) is 32.7 Å². The summed E-state index contributed by atoms with van der Waals surface area (Å²) in [4.78, 5) is 33.0. The Morgan fingerprint density at radius 1 is 1.17 bits per heavy atom. The molecule has 1 fully saturated rings. The number of hydrogen-bond donors (Lipinski definition) is 0. The lowest BCUT2D eigenvalue weighted by Crippen LogP contribution is -2.50. The maximum atomic E-state index is 12.6. The molecule has 6 nitrogen and oxygen atoms in total. The van der Waals surface area contributed by atoms with Crippen molar-refractivity contribution in [3.8, 4) is 0 Å². The summed E-state index contributed by atoms with van der Waals surface area (Å²) in [5.74, 6) is -0.000369. The fourth-order valence-corrected chi connectivity index (χ4v) is 3.05. The summed E-state index contributed by atoms with van der Waals surface area (Å²) in [5.41, 5.74) is 1.20. The van der Waals surface area contributed by atoms with Gasteiger partial charge in [-0.1, -0.05) is 19.1 Å². The minimum absolute atomic E-state index is 0.000369. The van der Waals surface area contributed by atoms with Crippen LogP contribution >= 0.6 is 0 Å². The van der Waals surface area contributed by atoms with Crippen molar-refractivity contribution >= 4 is 16.9 Å². The Balaban J connectivity index is 1.74. The van der Waals surface area contributed by atoms with Gasteiger partial charge in [0.05, 0.1) is 17.2 Å². The lowest BCUT2D eigenvalue weighted by molar-refractivity contribution is -0.133. The van der Waals surface area contributed by atoms with Crippen LogP contribution in [0.1, 0.15) is 13.3 Å². The van der Waals surface area contributed by atoms with E-state index in [-0.39, 0.29) is 18.0 Å². The highest BCUT2D eigenvalue weighted by molar-refractivity contribution is 5.80. The first-order valence-corrected chi connectivity index (χ1v) is 8.13. The predicted molar refractivity (Wildman–Crippen MR) is 89.3 cm³/mol. The van der Waals surface area contributed by atoms with Crippen LogP contribution in [0.2, 0.25) is 0 Å². The third-order valence-electron chi connectivity index (χ3n) is 4.31. The molecule has 0 N–H and O–H groups in total. The molecule has 1 aliphatic rings. The SMILES string of the molecule is CCCN1CCN(C(=O)Cn2c(=O)cnc3ccccc32)CC1. The number of para-hydroxylation sites is 2. The van der Waals surface area contributed by atoms with Crippen molar-refractivity contribution in [2.45, 2.75) is 19.9 Å². The number of amides is 1. The lowest BCUT2D eigenvalue weighted by atomic mass is 10.2. The van der Waals surface area contributed by atoms with Crippen molar-refractivity contribution in [1.29, 1.82) is 0 Å². The number of fused-ring (bicyclic) bond motifs is 1. The predicted octanol–water partition coefficient (Wildman–Crippen LogP) is 0.951. The molecule has 1 aromatic carbocycles. The van der Waals surface area contributed by atoms with Crippen LogP contribution in [0.5, 0.6) is 0 Å². The third-order valence-corrected chi connectivity index (χ3v) is 4.31. The van der Waals surface area contributed by atoms with Crippen molar-refractivity contribution < 1.29 is 4.79 Å². The smallest absolute Gasteiger partial charge is 0.269 e. The molecule has 2 heterocycles. The van der Waals surface area contributed by atoms with E-state index in [4.69, 9.17) is 0 Å². The number of benzene rings is 1. The first-order chi connectivity index (χ1) is 11.2. The van der Waals surface area contributed by atoms with Crippen LogP contribution in [-0.2, 0) is 11.3 Å². The Morgan fingerprint density at radius 3 is 2.65 bits per heavy atom. The maximum absolute atomic E-state index is 12.6. The van der Waals surface area contributed by atoms with Crippen molar-refractivity contribution in [3.63, 3.8) is 0 Å². The molecule has 122 valence electrons.